The van der Waals surface area contributed by atoms with E-state index in [0.717, 1.165) is 22.0 Å². The molecule has 0 aliphatic carbocycles. The van der Waals surface area contributed by atoms with Crippen LogP contribution in [0.5, 0.6) is 5.75 Å². The Hall–Kier alpha value is -2.14. The van der Waals surface area contributed by atoms with Gasteiger partial charge in [-0.1, -0.05) is 0 Å². The number of nitrogens with zero attached hydrogens (tertiary/aromatic N) is 1. The molecule has 23 heavy (non-hydrogen) atoms. The molecule has 2 aromatic rings. The molecule has 0 unspecified atom stereocenters. The van der Waals surface area contributed by atoms with Crippen LogP contribution in [-0.2, 0) is 16.1 Å². The van der Waals surface area contributed by atoms with E-state index in [1.165, 1.54) is 6.92 Å². The van der Waals surface area contributed by atoms with Gasteiger partial charge in [-0.2, -0.15) is 0 Å². The molecule has 0 saturated heterocycles. The molecule has 0 amide bonds. The fourth-order valence-electron chi connectivity index (χ4n) is 3.02. The van der Waals surface area contributed by atoms with E-state index in [2.05, 4.69) is 4.98 Å². The average molecular weight is 315 g/mol. The van der Waals surface area contributed by atoms with Crippen molar-refractivity contribution in [2.75, 3.05) is 0 Å². The summed E-state index contributed by atoms with van der Waals surface area (Å²) in [6.45, 7) is 7.44. The van der Waals surface area contributed by atoms with Crippen LogP contribution in [0, 0.1) is 6.92 Å². The number of carbonyl (C=O) groups excluding carboxylic acids is 1. The van der Waals surface area contributed by atoms with E-state index in [1.807, 2.05) is 39.0 Å². The second-order valence-corrected chi connectivity index (χ2v) is 6.70. The molecule has 1 N–H and O–H groups in total. The van der Waals surface area contributed by atoms with Gasteiger partial charge in [-0.15, -0.1) is 0 Å². The van der Waals surface area contributed by atoms with Crippen molar-refractivity contribution in [3.8, 4) is 5.75 Å². The molecular formula is C18H21NO4. The first-order chi connectivity index (χ1) is 10.7. The van der Waals surface area contributed by atoms with Crippen molar-refractivity contribution in [2.45, 2.75) is 52.4 Å². The fraction of sp³-hybridized carbons (Fsp3) is 0.444. The number of hydrogen-bond acceptors (Lipinski definition) is 5. The average Bonchev–Trinajstić information content (AvgIpc) is 2.43. The third kappa shape index (κ3) is 3.15. The summed E-state index contributed by atoms with van der Waals surface area (Å²) in [5.74, 6) is 0.375. The molecule has 1 aliphatic heterocycles. The van der Waals surface area contributed by atoms with E-state index in [1.54, 1.807) is 0 Å². The van der Waals surface area contributed by atoms with Crippen molar-refractivity contribution in [3.05, 3.63) is 35.0 Å². The molecule has 5 nitrogen and oxygen atoms in total. The Labute approximate surface area is 135 Å². The molecule has 1 aromatic heterocycles. The third-order valence-electron chi connectivity index (χ3n) is 4.05. The van der Waals surface area contributed by atoms with Crippen LogP contribution in [0.25, 0.3) is 10.9 Å². The normalized spacial score (nSPS) is 19.1. The van der Waals surface area contributed by atoms with E-state index in [-0.39, 0.29) is 12.6 Å². The zero-order valence-corrected chi connectivity index (χ0v) is 13.8. The number of fused-ring (bicyclic) bond motifs is 2. The highest BCUT2D eigenvalue weighted by Crippen LogP contribution is 2.41. The monoisotopic (exact) mass is 315 g/mol. The van der Waals surface area contributed by atoms with Gasteiger partial charge in [0, 0.05) is 24.3 Å². The van der Waals surface area contributed by atoms with Gasteiger partial charge in [-0.25, -0.2) is 4.98 Å². The van der Waals surface area contributed by atoms with Crippen molar-refractivity contribution >= 4 is 16.9 Å². The van der Waals surface area contributed by atoms with Crippen LogP contribution >= 0.6 is 0 Å². The molecule has 2 heterocycles. The first kappa shape index (κ1) is 15.7. The summed E-state index contributed by atoms with van der Waals surface area (Å²) in [4.78, 5) is 15.5. The van der Waals surface area contributed by atoms with Crippen LogP contribution in [0.1, 0.15) is 50.1 Å². The number of esters is 1. The number of benzene rings is 1. The predicted octanol–water partition coefficient (Wildman–Crippen LogP) is 3.20. The van der Waals surface area contributed by atoms with Gasteiger partial charge in [0.1, 0.15) is 18.0 Å². The van der Waals surface area contributed by atoms with Gasteiger partial charge in [-0.05, 0) is 44.5 Å². The van der Waals surface area contributed by atoms with Crippen molar-refractivity contribution < 1.29 is 19.4 Å². The third-order valence-corrected chi connectivity index (χ3v) is 4.05. The van der Waals surface area contributed by atoms with Crippen molar-refractivity contribution in [3.63, 3.8) is 0 Å². The van der Waals surface area contributed by atoms with Crippen LogP contribution in [0.3, 0.4) is 0 Å². The van der Waals surface area contributed by atoms with Crippen molar-refractivity contribution in [1.29, 1.82) is 0 Å². The Kier molecular flexibility index (Phi) is 3.76. The van der Waals surface area contributed by atoms with Gasteiger partial charge < -0.3 is 14.6 Å². The van der Waals surface area contributed by atoms with Crippen LogP contribution in [-0.4, -0.2) is 21.7 Å². The number of aliphatic hydroxyl groups excluding tert-OH is 1. The van der Waals surface area contributed by atoms with Gasteiger partial charge in [0.25, 0.3) is 0 Å². The first-order valence-electron chi connectivity index (χ1n) is 7.70. The summed E-state index contributed by atoms with van der Waals surface area (Å²) in [6.07, 6.45) is -0.0326. The molecule has 0 bridgehead atoms. The molecule has 1 aromatic carbocycles. The highest BCUT2D eigenvalue weighted by Gasteiger charge is 2.33. The lowest BCUT2D eigenvalue weighted by molar-refractivity contribution is -0.142. The fourth-order valence-corrected chi connectivity index (χ4v) is 3.02. The Morgan fingerprint density at radius 2 is 2.17 bits per heavy atom. The van der Waals surface area contributed by atoms with Gasteiger partial charge >= 0.3 is 5.97 Å². The van der Waals surface area contributed by atoms with Crippen molar-refractivity contribution in [2.24, 2.45) is 0 Å². The van der Waals surface area contributed by atoms with E-state index in [9.17, 15) is 9.90 Å². The molecule has 0 saturated carbocycles. The first-order valence-corrected chi connectivity index (χ1v) is 7.70. The zero-order chi connectivity index (χ0) is 16.8. The number of hydrogen-bond donors (Lipinski definition) is 1. The molecule has 5 heteroatoms. The molecule has 1 aliphatic rings. The molecule has 122 valence electrons. The summed E-state index contributed by atoms with van der Waals surface area (Å²) in [5, 5.41) is 11.4. The largest absolute Gasteiger partial charge is 0.487 e. The van der Waals surface area contributed by atoms with Crippen molar-refractivity contribution in [1.82, 2.24) is 4.98 Å². The van der Waals surface area contributed by atoms with E-state index >= 15 is 0 Å². The van der Waals surface area contributed by atoms with Gasteiger partial charge in [-0.3, -0.25) is 4.79 Å². The number of aryl methyl sites for hydroxylation is 1. The number of carbonyl (C=O) groups is 1. The number of rotatable bonds is 2. The second kappa shape index (κ2) is 5.49. The minimum absolute atomic E-state index is 0.148. The van der Waals surface area contributed by atoms with Gasteiger partial charge in [0.15, 0.2) is 0 Å². The number of ether oxygens (including phenoxy) is 2. The highest BCUT2D eigenvalue weighted by molar-refractivity contribution is 5.85. The van der Waals surface area contributed by atoms with E-state index in [4.69, 9.17) is 9.47 Å². The SMILES string of the molecule is CC(=O)OCc1cc(C)c2cc3c(cc2n1)[C@H](O)CC(C)(C)O3. The molecule has 1 atom stereocenters. The van der Waals surface area contributed by atoms with Crippen LogP contribution in [0.15, 0.2) is 18.2 Å². The highest BCUT2D eigenvalue weighted by atomic mass is 16.5. The lowest BCUT2D eigenvalue weighted by atomic mass is 9.90. The van der Waals surface area contributed by atoms with E-state index < -0.39 is 11.7 Å². The molecule has 0 radical (unpaired) electrons. The Morgan fingerprint density at radius 1 is 1.43 bits per heavy atom. The molecule has 3 rings (SSSR count). The molecule has 0 spiro atoms. The van der Waals surface area contributed by atoms with Crippen LogP contribution < -0.4 is 4.74 Å². The topological polar surface area (TPSA) is 68.7 Å². The Morgan fingerprint density at radius 3 is 2.87 bits per heavy atom. The van der Waals surface area contributed by atoms with Gasteiger partial charge in [0.2, 0.25) is 0 Å². The molecule has 0 fully saturated rings. The number of pyridine rings is 1. The summed E-state index contributed by atoms with van der Waals surface area (Å²) in [5.41, 5.74) is 2.86. The second-order valence-electron chi connectivity index (χ2n) is 6.70. The minimum Gasteiger partial charge on any atom is -0.487 e. The van der Waals surface area contributed by atoms with Crippen LogP contribution in [0.4, 0.5) is 0 Å². The number of aromatic nitrogens is 1. The zero-order valence-electron chi connectivity index (χ0n) is 13.8. The lowest BCUT2D eigenvalue weighted by Crippen LogP contribution is -2.34. The Balaban J connectivity index is 2.07. The smallest absolute Gasteiger partial charge is 0.303 e. The summed E-state index contributed by atoms with van der Waals surface area (Å²) >= 11 is 0. The maximum Gasteiger partial charge on any atom is 0.303 e. The molecular weight excluding hydrogens is 294 g/mol. The maximum atomic E-state index is 11.0. The summed E-state index contributed by atoms with van der Waals surface area (Å²) < 4.78 is 11.0. The van der Waals surface area contributed by atoms with Gasteiger partial charge in [0.05, 0.1) is 17.3 Å². The van der Waals surface area contributed by atoms with E-state index in [0.29, 0.717) is 17.9 Å². The summed E-state index contributed by atoms with van der Waals surface area (Å²) in [7, 11) is 0. The standard InChI is InChI=1S/C18H21NO4/c1-10-5-12(9-22-11(2)20)19-15-6-14-16(21)8-18(3,4)23-17(14)7-13(10)15/h5-7,16,21H,8-9H2,1-4H3/t16-/m1/s1. The number of aliphatic hydroxyl groups is 1. The predicted molar refractivity (Wildman–Crippen MR) is 86.2 cm³/mol. The lowest BCUT2D eigenvalue weighted by Gasteiger charge is -2.35. The van der Waals surface area contributed by atoms with Crippen LogP contribution in [0.2, 0.25) is 0 Å². The minimum atomic E-state index is -0.572. The Bertz CT molecular complexity index is 782. The maximum absolute atomic E-state index is 11.0. The summed E-state index contributed by atoms with van der Waals surface area (Å²) in [6, 6.07) is 5.71. The quantitative estimate of drug-likeness (QED) is 0.862.